The number of nitriles is 3. The molecule has 2 saturated heterocycles. The summed E-state index contributed by atoms with van der Waals surface area (Å²) in [6, 6.07) is 19.4. The smallest absolute Gasteiger partial charge is 0.484 e. The van der Waals surface area contributed by atoms with E-state index in [1.807, 2.05) is 6.07 Å². The van der Waals surface area contributed by atoms with E-state index >= 15 is 0 Å². The SMILES string of the molecule is CCCCCCCCCCCCCCCCCCOC[C@H](CO)Oc1cncc(C#N)c1.CCCCCCCCCCCCCCCCCCOC[C@H](COP(=O)(OC[C@H]1O[C@@](C#N)(c2ccc3c(N)ncnn23)[C@@H]2OC(C)(C)O[C@@H]21)Oc1ccccc1Cl)Oc1cncc(C#N)c1. The Bertz CT molecular complexity index is 3200. The van der Waals surface area contributed by atoms with E-state index in [1.165, 1.54) is 215 Å². The molecular weight excluding hydrogens is 1290 g/mol. The molecule has 98 heavy (non-hydrogen) atoms. The highest BCUT2D eigenvalue weighted by Crippen LogP contribution is 2.54. The predicted molar refractivity (Wildman–Crippen MR) is 380 cm³/mol. The van der Waals surface area contributed by atoms with Crippen molar-refractivity contribution in [3.05, 3.63) is 101 Å². The lowest BCUT2D eigenvalue weighted by molar-refractivity contribution is -0.204. The maximum atomic E-state index is 14.8. The number of pyridine rings is 2. The van der Waals surface area contributed by atoms with Crippen molar-refractivity contribution < 1.29 is 56.4 Å². The molecule has 0 amide bonds. The number of para-hydroxylation sites is 1. The normalized spacial score (nSPS) is 18.2. The first kappa shape index (κ1) is 81.0. The minimum absolute atomic E-state index is 0.0423. The first-order chi connectivity index (χ1) is 47.8. The molecule has 21 nitrogen and oxygen atoms in total. The number of hydrogen-bond acceptors (Lipinski definition) is 20. The van der Waals surface area contributed by atoms with Crippen molar-refractivity contribution >= 4 is 30.8 Å². The summed E-state index contributed by atoms with van der Waals surface area (Å²) in [6.45, 7) is 8.66. The number of fused-ring (bicyclic) bond motifs is 2. The minimum atomic E-state index is -4.59. The van der Waals surface area contributed by atoms with Crippen LogP contribution in [0.25, 0.3) is 5.52 Å². The molecule has 1 aromatic carbocycles. The van der Waals surface area contributed by atoms with E-state index in [0.717, 1.165) is 25.7 Å². The zero-order chi connectivity index (χ0) is 70.0. The predicted octanol–water partition coefficient (Wildman–Crippen LogP) is 17.8. The van der Waals surface area contributed by atoms with Crippen molar-refractivity contribution in [3.8, 4) is 35.5 Å². The number of nitrogens with zero attached hydrogens (tertiary/aromatic N) is 8. The lowest BCUT2D eigenvalue weighted by atomic mass is 9.92. The number of rotatable bonds is 52. The monoisotopic (exact) mass is 1400 g/mol. The van der Waals surface area contributed by atoms with Gasteiger partial charge in [-0.05, 0) is 51.0 Å². The van der Waals surface area contributed by atoms with Gasteiger partial charge in [0.2, 0.25) is 5.60 Å². The molecule has 0 bridgehead atoms. The molecule has 2 fully saturated rings. The molecule has 7 atom stereocenters. The van der Waals surface area contributed by atoms with E-state index < -0.39 is 56.3 Å². The van der Waals surface area contributed by atoms with Gasteiger partial charge < -0.3 is 48.5 Å². The number of halogens is 1. The summed E-state index contributed by atoms with van der Waals surface area (Å²) in [5, 5.41) is 43.2. The highest BCUT2D eigenvalue weighted by molar-refractivity contribution is 7.49. The van der Waals surface area contributed by atoms with Crippen LogP contribution in [0.4, 0.5) is 5.82 Å². The summed E-state index contributed by atoms with van der Waals surface area (Å²) in [4.78, 5) is 12.1. The molecule has 0 spiro atoms. The Morgan fingerprint density at radius 3 is 1.58 bits per heavy atom. The highest BCUT2D eigenvalue weighted by Gasteiger charge is 2.65. The standard InChI is InChI=1S/C48H65ClN7O9P.C27H46N2O3/c1-4-5-6-7-8-9-10-11-12-13-14-15-16-17-18-21-26-58-31-38(61-37-27-36(28-50)29-53-30-37)32-59-66(57,65-41-23-20-19-22-39(41)49)60-33-42-44-45(64-47(2,3)63-44)48(34-51,62-42)43-25-24-40-46(52)54-35-55-56(40)43;1-2-3-4-5-6-7-8-9-10-11-12-13-14-15-16-17-18-31-24-27(23-30)32-26-19-25(20-28)21-29-22-26/h19-20,22-25,27,29-30,35,38,42,44-45H,4-18,21,26,31-33H2,1-3H3,(H2,52,54,55);19,21-22,27,30H,2-18,23-24H2,1H3/t38-,42-,44-,45-,48+,66?;27-/m10/s1. The van der Waals surface area contributed by atoms with Crippen LogP contribution in [0, 0.1) is 34.0 Å². The number of aromatic nitrogens is 5. The molecule has 0 aliphatic carbocycles. The summed E-state index contributed by atoms with van der Waals surface area (Å²) >= 11 is 6.47. The Hall–Kier alpha value is -5.99. The van der Waals surface area contributed by atoms with Crippen molar-refractivity contribution in [2.75, 3.05) is 52.0 Å². The van der Waals surface area contributed by atoms with Gasteiger partial charge in [0.25, 0.3) is 0 Å². The van der Waals surface area contributed by atoms with Gasteiger partial charge in [-0.3, -0.25) is 19.0 Å². The van der Waals surface area contributed by atoms with Gasteiger partial charge in [0, 0.05) is 37.7 Å². The number of unbranched alkanes of at least 4 members (excludes halogenated alkanes) is 30. The maximum Gasteiger partial charge on any atom is 0.530 e. The van der Waals surface area contributed by atoms with E-state index in [4.69, 9.17) is 69.3 Å². The first-order valence-corrected chi connectivity index (χ1v) is 38.3. The van der Waals surface area contributed by atoms with Crippen molar-refractivity contribution in [2.45, 2.75) is 275 Å². The maximum absolute atomic E-state index is 14.8. The van der Waals surface area contributed by atoms with Crippen molar-refractivity contribution in [3.63, 3.8) is 0 Å². The molecular formula is C75H111ClN9O12P. The van der Waals surface area contributed by atoms with Crippen molar-refractivity contribution in [2.24, 2.45) is 0 Å². The molecule has 7 rings (SSSR count). The number of ether oxygens (including phenoxy) is 7. The van der Waals surface area contributed by atoms with Crippen LogP contribution in [0.3, 0.4) is 0 Å². The Morgan fingerprint density at radius 2 is 1.10 bits per heavy atom. The fourth-order valence-electron chi connectivity index (χ4n) is 12.2. The van der Waals surface area contributed by atoms with Crippen LogP contribution in [0.5, 0.6) is 17.2 Å². The Balaban J connectivity index is 0.000000398. The van der Waals surface area contributed by atoms with Crippen LogP contribution in [0.1, 0.15) is 250 Å². The van der Waals surface area contributed by atoms with Crippen molar-refractivity contribution in [1.29, 1.82) is 15.8 Å². The number of hydrogen-bond donors (Lipinski definition) is 2. The van der Waals surface area contributed by atoms with Crippen molar-refractivity contribution in [1.82, 2.24) is 24.6 Å². The van der Waals surface area contributed by atoms with Crippen LogP contribution in [0.2, 0.25) is 5.02 Å². The molecule has 0 saturated carbocycles. The van der Waals surface area contributed by atoms with Crippen LogP contribution in [0.15, 0.2) is 79.6 Å². The molecule has 1 unspecified atom stereocenters. The minimum Gasteiger partial charge on any atom is -0.484 e. The van der Waals surface area contributed by atoms with Gasteiger partial charge in [0.1, 0.15) is 77.8 Å². The lowest BCUT2D eigenvalue weighted by Gasteiger charge is -2.29. The summed E-state index contributed by atoms with van der Waals surface area (Å²) in [7, 11) is -4.59. The molecule has 4 aromatic heterocycles. The first-order valence-electron chi connectivity index (χ1n) is 36.5. The number of aliphatic hydroxyl groups excluding tert-OH is 1. The lowest BCUT2D eigenvalue weighted by Crippen LogP contribution is -2.40. The fraction of sp³-hybridized carbons (Fsp3) is 0.667. The van der Waals surface area contributed by atoms with E-state index in [9.17, 15) is 20.2 Å². The number of aliphatic hydroxyl groups is 1. The molecule has 2 aliphatic heterocycles. The van der Waals surface area contributed by atoms with Crippen LogP contribution in [-0.2, 0) is 42.9 Å². The van der Waals surface area contributed by atoms with Gasteiger partial charge in [-0.15, -0.1) is 0 Å². The summed E-state index contributed by atoms with van der Waals surface area (Å²) < 4.78 is 77.0. The summed E-state index contributed by atoms with van der Waals surface area (Å²) in [6.07, 6.45) is 45.1. The second-order valence-electron chi connectivity index (χ2n) is 26.2. The third-order valence-electron chi connectivity index (χ3n) is 17.5. The average molecular weight is 1400 g/mol. The van der Waals surface area contributed by atoms with E-state index in [0.29, 0.717) is 53.7 Å². The van der Waals surface area contributed by atoms with Crippen LogP contribution >= 0.6 is 19.4 Å². The molecule has 6 heterocycles. The number of nitrogen functional groups attached to an aromatic ring is 1. The molecule has 2 aliphatic rings. The number of benzene rings is 1. The van der Waals surface area contributed by atoms with Gasteiger partial charge >= 0.3 is 7.82 Å². The second-order valence-corrected chi connectivity index (χ2v) is 28.2. The number of anilines is 1. The van der Waals surface area contributed by atoms with E-state index in [1.54, 1.807) is 62.5 Å². The van der Waals surface area contributed by atoms with Crippen LogP contribution < -0.4 is 19.7 Å². The third kappa shape index (κ3) is 28.9. The van der Waals surface area contributed by atoms with Crippen LogP contribution in [-0.4, -0.2) is 112 Å². The molecule has 540 valence electrons. The largest absolute Gasteiger partial charge is 0.530 e. The van der Waals surface area contributed by atoms with Gasteiger partial charge in [0.05, 0.1) is 67.3 Å². The van der Waals surface area contributed by atoms with Gasteiger partial charge in [-0.25, -0.2) is 14.1 Å². The zero-order valence-corrected chi connectivity index (χ0v) is 60.5. The zero-order valence-electron chi connectivity index (χ0n) is 58.9. The number of nitrogens with two attached hydrogens (primary N) is 1. The number of phosphoric acid groups is 1. The topological polar surface area (TPSA) is 283 Å². The molecule has 0 radical (unpaired) electrons. The summed E-state index contributed by atoms with van der Waals surface area (Å²) in [5.74, 6) is -0.0987. The van der Waals surface area contributed by atoms with Gasteiger partial charge in [-0.2, -0.15) is 20.9 Å². The fourth-order valence-corrected chi connectivity index (χ4v) is 13.7. The highest BCUT2D eigenvalue weighted by atomic mass is 35.5. The van der Waals surface area contributed by atoms with Gasteiger partial charge in [0.15, 0.2) is 11.6 Å². The Kier molecular flexibility index (Phi) is 38.4. The summed E-state index contributed by atoms with van der Waals surface area (Å²) in [5.41, 5.74) is 5.89. The third-order valence-corrected chi connectivity index (χ3v) is 19.2. The average Bonchev–Trinajstić information content (AvgIpc) is 1.55. The van der Waals surface area contributed by atoms with E-state index in [2.05, 4.69) is 46.0 Å². The Labute approximate surface area is 588 Å². The molecule has 23 heteroatoms. The molecule has 5 aromatic rings. The van der Waals surface area contributed by atoms with E-state index in [-0.39, 0.29) is 36.4 Å². The number of phosphoric ester groups is 1. The quantitative estimate of drug-likeness (QED) is 0.0270. The molecule has 3 N–H and O–H groups in total. The van der Waals surface area contributed by atoms with Gasteiger partial charge in [-0.1, -0.05) is 230 Å². The second kappa shape index (κ2) is 46.4. The Morgan fingerprint density at radius 1 is 0.622 bits per heavy atom.